The lowest BCUT2D eigenvalue weighted by Crippen LogP contribution is -2.62. The van der Waals surface area contributed by atoms with Crippen LogP contribution in [0.3, 0.4) is 0 Å². The van der Waals surface area contributed by atoms with Crippen LogP contribution in [0.25, 0.3) is 0 Å². The Morgan fingerprint density at radius 2 is 2.00 bits per heavy atom. The number of nitrogens with zero attached hydrogens (tertiary/aromatic N) is 1. The van der Waals surface area contributed by atoms with E-state index >= 15 is 0 Å². The van der Waals surface area contributed by atoms with Crippen molar-refractivity contribution in [2.45, 2.75) is 26.7 Å². The highest BCUT2D eigenvalue weighted by Gasteiger charge is 2.46. The van der Waals surface area contributed by atoms with Gasteiger partial charge in [0.2, 0.25) is 17.7 Å². The van der Waals surface area contributed by atoms with Gasteiger partial charge in [-0.2, -0.15) is 0 Å². The van der Waals surface area contributed by atoms with Crippen molar-refractivity contribution >= 4 is 23.8 Å². The lowest BCUT2D eigenvalue weighted by atomic mass is 9.89. The van der Waals surface area contributed by atoms with Crippen molar-refractivity contribution in [1.29, 1.82) is 0 Å². The van der Waals surface area contributed by atoms with Gasteiger partial charge in [0.1, 0.15) is 5.41 Å². The summed E-state index contributed by atoms with van der Waals surface area (Å²) < 4.78 is 0. The zero-order chi connectivity index (χ0) is 14.2. The third kappa shape index (κ3) is 2.59. The van der Waals surface area contributed by atoms with E-state index in [0.29, 0.717) is 0 Å². The smallest absolute Gasteiger partial charge is 0.330 e. The summed E-state index contributed by atoms with van der Waals surface area (Å²) in [6.07, 6.45) is 1.80. The molecule has 0 aromatic rings. The van der Waals surface area contributed by atoms with E-state index in [4.69, 9.17) is 0 Å². The first-order valence-corrected chi connectivity index (χ1v) is 6.29. The van der Waals surface area contributed by atoms with E-state index in [1.165, 1.54) is 13.8 Å². The number of urea groups is 1. The average molecular weight is 267 g/mol. The van der Waals surface area contributed by atoms with Crippen molar-refractivity contribution < 1.29 is 19.2 Å². The van der Waals surface area contributed by atoms with Gasteiger partial charge >= 0.3 is 6.03 Å². The zero-order valence-corrected chi connectivity index (χ0v) is 11.0. The Hall–Kier alpha value is -1.92. The molecule has 2 aliphatic rings. The van der Waals surface area contributed by atoms with E-state index in [2.05, 4.69) is 10.6 Å². The fraction of sp³-hybridized carbons (Fsp3) is 0.667. The van der Waals surface area contributed by atoms with Gasteiger partial charge in [0, 0.05) is 19.0 Å². The molecule has 1 saturated carbocycles. The molecule has 0 aromatic carbocycles. The first kappa shape index (κ1) is 13.5. The van der Waals surface area contributed by atoms with Gasteiger partial charge in [-0.05, 0) is 26.7 Å². The number of barbiturate groups is 1. The summed E-state index contributed by atoms with van der Waals surface area (Å²) in [7, 11) is 0. The Bertz CT molecular complexity index is 454. The highest BCUT2D eigenvalue weighted by Crippen LogP contribution is 2.28. The first-order chi connectivity index (χ1) is 8.84. The van der Waals surface area contributed by atoms with Crippen LogP contribution in [0.4, 0.5) is 4.79 Å². The van der Waals surface area contributed by atoms with E-state index in [-0.39, 0.29) is 24.9 Å². The number of carbonyl (C=O) groups excluding carboxylic acids is 4. The number of carbonyl (C=O) groups is 4. The van der Waals surface area contributed by atoms with E-state index in [0.717, 1.165) is 17.7 Å². The Kier molecular flexibility index (Phi) is 3.30. The van der Waals surface area contributed by atoms with Crippen LogP contribution in [0.1, 0.15) is 26.7 Å². The number of nitrogens with one attached hydrogen (secondary N) is 2. The van der Waals surface area contributed by atoms with Crippen molar-refractivity contribution in [3.05, 3.63) is 0 Å². The van der Waals surface area contributed by atoms with Crippen LogP contribution in [0, 0.1) is 11.3 Å². The SMILES string of the molecule is CC1(C)C(=O)NC(=O)N(CCNC(=O)C2CC2)C1=O. The maximum Gasteiger partial charge on any atom is 0.330 e. The third-order valence-electron chi connectivity index (χ3n) is 3.40. The Balaban J connectivity index is 1.91. The van der Waals surface area contributed by atoms with Gasteiger partial charge in [-0.15, -0.1) is 0 Å². The molecule has 104 valence electrons. The molecular formula is C12H17N3O4. The van der Waals surface area contributed by atoms with E-state index < -0.39 is 23.3 Å². The molecule has 1 heterocycles. The molecule has 0 aromatic heterocycles. The Labute approximate surface area is 110 Å². The zero-order valence-electron chi connectivity index (χ0n) is 11.0. The number of rotatable bonds is 4. The summed E-state index contributed by atoms with van der Waals surface area (Å²) >= 11 is 0. The Morgan fingerprint density at radius 1 is 1.37 bits per heavy atom. The van der Waals surface area contributed by atoms with Crippen molar-refractivity contribution in [2.24, 2.45) is 11.3 Å². The molecule has 2 fully saturated rings. The van der Waals surface area contributed by atoms with E-state index in [1.807, 2.05) is 0 Å². The fourth-order valence-corrected chi connectivity index (χ4v) is 1.83. The number of imide groups is 2. The van der Waals surface area contributed by atoms with Crippen molar-refractivity contribution in [3.8, 4) is 0 Å². The highest BCUT2D eigenvalue weighted by atomic mass is 16.2. The van der Waals surface area contributed by atoms with E-state index in [9.17, 15) is 19.2 Å². The van der Waals surface area contributed by atoms with Crippen LogP contribution in [0.15, 0.2) is 0 Å². The van der Waals surface area contributed by atoms with Gasteiger partial charge in [-0.3, -0.25) is 24.6 Å². The number of hydrogen-bond donors (Lipinski definition) is 2. The largest absolute Gasteiger partial charge is 0.354 e. The molecule has 7 heteroatoms. The Morgan fingerprint density at radius 3 is 2.58 bits per heavy atom. The molecule has 19 heavy (non-hydrogen) atoms. The van der Waals surface area contributed by atoms with Gasteiger partial charge in [0.25, 0.3) is 0 Å². The topological polar surface area (TPSA) is 95.6 Å². The minimum Gasteiger partial charge on any atom is -0.354 e. The molecule has 0 radical (unpaired) electrons. The van der Waals surface area contributed by atoms with Crippen LogP contribution in [-0.4, -0.2) is 41.7 Å². The molecule has 1 saturated heterocycles. The molecule has 0 bridgehead atoms. The second-order valence-corrected chi connectivity index (χ2v) is 5.41. The monoisotopic (exact) mass is 267 g/mol. The first-order valence-electron chi connectivity index (χ1n) is 6.29. The van der Waals surface area contributed by atoms with Gasteiger partial charge in [0.15, 0.2) is 0 Å². The van der Waals surface area contributed by atoms with Crippen LogP contribution >= 0.6 is 0 Å². The van der Waals surface area contributed by atoms with Crippen LogP contribution in [0.5, 0.6) is 0 Å². The van der Waals surface area contributed by atoms with Crippen LogP contribution < -0.4 is 10.6 Å². The molecular weight excluding hydrogens is 250 g/mol. The number of hydrogen-bond acceptors (Lipinski definition) is 4. The summed E-state index contributed by atoms with van der Waals surface area (Å²) in [5.74, 6) is -1.09. The standard InChI is InChI=1S/C12H17N3O4/c1-12(2)9(17)14-11(19)15(10(12)18)6-5-13-8(16)7-3-4-7/h7H,3-6H2,1-2H3,(H,13,16)(H,14,17,19). The number of amides is 5. The van der Waals surface area contributed by atoms with E-state index in [1.54, 1.807) is 0 Å². The quantitative estimate of drug-likeness (QED) is 0.678. The lowest BCUT2D eigenvalue weighted by Gasteiger charge is -2.34. The van der Waals surface area contributed by atoms with Gasteiger partial charge in [0.05, 0.1) is 0 Å². The summed E-state index contributed by atoms with van der Waals surface area (Å²) in [6, 6.07) is -0.727. The maximum atomic E-state index is 12.0. The second-order valence-electron chi connectivity index (χ2n) is 5.41. The third-order valence-corrected chi connectivity index (χ3v) is 3.40. The van der Waals surface area contributed by atoms with Gasteiger partial charge in [-0.1, -0.05) is 0 Å². The van der Waals surface area contributed by atoms with Crippen molar-refractivity contribution in [2.75, 3.05) is 13.1 Å². The minimum atomic E-state index is -1.26. The summed E-state index contributed by atoms with van der Waals surface area (Å²) in [5.41, 5.74) is -1.26. The second kappa shape index (κ2) is 4.64. The molecule has 7 nitrogen and oxygen atoms in total. The predicted octanol–water partition coefficient (Wildman–Crippen LogP) is -0.383. The predicted molar refractivity (Wildman–Crippen MR) is 64.8 cm³/mol. The highest BCUT2D eigenvalue weighted by molar-refractivity contribution is 6.18. The normalized spacial score (nSPS) is 22.2. The van der Waals surface area contributed by atoms with Crippen molar-refractivity contribution in [3.63, 3.8) is 0 Å². The molecule has 1 aliphatic carbocycles. The lowest BCUT2D eigenvalue weighted by molar-refractivity contribution is -0.149. The molecule has 5 amide bonds. The summed E-state index contributed by atoms with van der Waals surface area (Å²) in [5, 5.41) is 4.81. The molecule has 0 spiro atoms. The maximum absolute atomic E-state index is 12.0. The summed E-state index contributed by atoms with van der Waals surface area (Å²) in [4.78, 5) is 47.5. The van der Waals surface area contributed by atoms with Crippen LogP contribution in [-0.2, 0) is 14.4 Å². The minimum absolute atomic E-state index is 0.0415. The van der Waals surface area contributed by atoms with Gasteiger partial charge in [-0.25, -0.2) is 4.79 Å². The van der Waals surface area contributed by atoms with Gasteiger partial charge < -0.3 is 5.32 Å². The molecule has 2 rings (SSSR count). The molecule has 0 unspecified atom stereocenters. The molecule has 1 aliphatic heterocycles. The molecule has 0 atom stereocenters. The molecule has 2 N–H and O–H groups in total. The summed E-state index contributed by atoms with van der Waals surface area (Å²) in [6.45, 7) is 3.21. The fourth-order valence-electron chi connectivity index (χ4n) is 1.83. The van der Waals surface area contributed by atoms with Crippen molar-refractivity contribution in [1.82, 2.24) is 15.5 Å². The average Bonchev–Trinajstić information content (AvgIpc) is 3.15. The van der Waals surface area contributed by atoms with Crippen LogP contribution in [0.2, 0.25) is 0 Å².